The van der Waals surface area contributed by atoms with Gasteiger partial charge >= 0.3 is 0 Å². The van der Waals surface area contributed by atoms with Gasteiger partial charge in [0.1, 0.15) is 5.25 Å². The van der Waals surface area contributed by atoms with E-state index in [0.29, 0.717) is 5.16 Å². The van der Waals surface area contributed by atoms with Crippen molar-refractivity contribution in [3.63, 3.8) is 0 Å². The van der Waals surface area contributed by atoms with E-state index in [-0.39, 0.29) is 11.2 Å². The maximum Gasteiger partial charge on any atom is 0.240 e. The van der Waals surface area contributed by atoms with Gasteiger partial charge in [0.05, 0.1) is 11.9 Å². The number of thioether (sulfide) groups is 1. The van der Waals surface area contributed by atoms with E-state index in [2.05, 4.69) is 0 Å². The molecular formula is C22H24N4OS. The number of hydrogen-bond acceptors (Lipinski definition) is 4. The molecular weight excluding hydrogens is 368 g/mol. The van der Waals surface area contributed by atoms with Gasteiger partial charge in [0.25, 0.3) is 0 Å². The summed E-state index contributed by atoms with van der Waals surface area (Å²) in [6.07, 6.45) is 5.15. The molecule has 2 heterocycles. The minimum Gasteiger partial charge on any atom is -0.341 e. The summed E-state index contributed by atoms with van der Waals surface area (Å²) < 4.78 is 1.52. The number of aromatic nitrogens is 2. The minimum absolute atomic E-state index is 0.139. The van der Waals surface area contributed by atoms with Gasteiger partial charge in [0.2, 0.25) is 5.91 Å². The molecule has 1 saturated heterocycles. The van der Waals surface area contributed by atoms with Gasteiger partial charge in [-0.1, -0.05) is 72.4 Å². The molecule has 1 amide bonds. The molecule has 1 aliphatic heterocycles. The first-order valence-corrected chi connectivity index (χ1v) is 10.5. The normalized spacial score (nSPS) is 15.4. The molecule has 1 unspecified atom stereocenters. The topological polar surface area (TPSA) is 64.2 Å². The summed E-state index contributed by atoms with van der Waals surface area (Å²) in [4.78, 5) is 20.0. The first-order chi connectivity index (χ1) is 13.7. The number of benzene rings is 2. The number of carbonyl (C=O) groups excluding carboxylic acids is 1. The fraction of sp³-hybridized carbons (Fsp3) is 0.273. The second kappa shape index (κ2) is 8.52. The molecule has 1 atom stereocenters. The largest absolute Gasteiger partial charge is 0.341 e. The highest BCUT2D eigenvalue weighted by atomic mass is 32.2. The van der Waals surface area contributed by atoms with Gasteiger partial charge in [0.15, 0.2) is 5.16 Å². The lowest BCUT2D eigenvalue weighted by Crippen LogP contribution is -2.38. The summed E-state index contributed by atoms with van der Waals surface area (Å²) >= 11 is 1.42. The van der Waals surface area contributed by atoms with E-state index in [0.717, 1.165) is 42.8 Å². The monoisotopic (exact) mass is 392 g/mol. The highest BCUT2D eigenvalue weighted by Crippen LogP contribution is 2.37. The number of nitrogen functional groups attached to an aromatic ring is 1. The first kappa shape index (κ1) is 18.6. The Kier molecular flexibility index (Phi) is 5.67. The van der Waals surface area contributed by atoms with Crippen LogP contribution in [-0.4, -0.2) is 33.6 Å². The van der Waals surface area contributed by atoms with Crippen molar-refractivity contribution in [2.24, 2.45) is 0 Å². The zero-order valence-electron chi connectivity index (χ0n) is 15.7. The van der Waals surface area contributed by atoms with Crippen LogP contribution in [0, 0.1) is 0 Å². The maximum atomic E-state index is 13.3. The van der Waals surface area contributed by atoms with Crippen molar-refractivity contribution >= 4 is 17.7 Å². The number of amides is 1. The van der Waals surface area contributed by atoms with E-state index >= 15 is 0 Å². The summed E-state index contributed by atoms with van der Waals surface area (Å²) in [5.74, 6) is 6.33. The lowest BCUT2D eigenvalue weighted by atomic mass is 10.1. The third-order valence-corrected chi connectivity index (χ3v) is 6.21. The van der Waals surface area contributed by atoms with E-state index in [9.17, 15) is 4.79 Å². The van der Waals surface area contributed by atoms with Crippen LogP contribution in [0.1, 0.15) is 30.1 Å². The molecule has 144 valence electrons. The van der Waals surface area contributed by atoms with Gasteiger partial charge in [-0.2, -0.15) is 0 Å². The number of piperidine rings is 1. The molecule has 6 heteroatoms. The molecule has 28 heavy (non-hydrogen) atoms. The number of imidazole rings is 1. The fourth-order valence-electron chi connectivity index (χ4n) is 3.49. The van der Waals surface area contributed by atoms with Crippen molar-refractivity contribution in [3.8, 4) is 11.3 Å². The molecule has 2 N–H and O–H groups in total. The Hall–Kier alpha value is -2.73. The highest BCUT2D eigenvalue weighted by Gasteiger charge is 2.29. The van der Waals surface area contributed by atoms with Crippen LogP contribution in [0.15, 0.2) is 72.0 Å². The van der Waals surface area contributed by atoms with Crippen LogP contribution in [0.4, 0.5) is 0 Å². The summed E-state index contributed by atoms with van der Waals surface area (Å²) in [7, 11) is 0. The number of hydrogen-bond donors (Lipinski definition) is 1. The molecule has 0 saturated carbocycles. The fourth-order valence-corrected chi connectivity index (χ4v) is 4.57. The number of carbonyl (C=O) groups is 1. The van der Waals surface area contributed by atoms with E-state index < -0.39 is 0 Å². The number of nitrogens with two attached hydrogens (primary N) is 1. The Morgan fingerprint density at radius 2 is 1.61 bits per heavy atom. The van der Waals surface area contributed by atoms with E-state index in [1.54, 1.807) is 0 Å². The lowest BCUT2D eigenvalue weighted by molar-refractivity contribution is -0.131. The van der Waals surface area contributed by atoms with Crippen molar-refractivity contribution in [3.05, 3.63) is 72.4 Å². The third-order valence-electron chi connectivity index (χ3n) is 4.99. The van der Waals surface area contributed by atoms with Gasteiger partial charge in [-0.3, -0.25) is 4.79 Å². The average molecular weight is 393 g/mol. The average Bonchev–Trinajstić information content (AvgIpc) is 3.14. The van der Waals surface area contributed by atoms with E-state index in [1.165, 1.54) is 22.9 Å². The van der Waals surface area contributed by atoms with Crippen molar-refractivity contribution in [2.45, 2.75) is 29.7 Å². The zero-order chi connectivity index (χ0) is 19.3. The number of likely N-dealkylation sites (tertiary alicyclic amines) is 1. The molecule has 5 nitrogen and oxygen atoms in total. The Balaban J connectivity index is 1.63. The van der Waals surface area contributed by atoms with Crippen LogP contribution >= 0.6 is 11.8 Å². The Morgan fingerprint density at radius 1 is 0.964 bits per heavy atom. The third kappa shape index (κ3) is 4.07. The molecule has 3 aromatic rings. The molecule has 1 fully saturated rings. The quantitative estimate of drug-likeness (QED) is 0.524. The van der Waals surface area contributed by atoms with Crippen LogP contribution in [0.3, 0.4) is 0 Å². The Bertz CT molecular complexity index is 920. The minimum atomic E-state index is -0.354. The summed E-state index contributed by atoms with van der Waals surface area (Å²) in [5, 5.41) is 0.283. The van der Waals surface area contributed by atoms with Crippen molar-refractivity contribution in [1.82, 2.24) is 14.6 Å². The number of nitrogens with zero attached hydrogens (tertiary/aromatic N) is 3. The highest BCUT2D eigenvalue weighted by molar-refractivity contribution is 8.00. The molecule has 1 aliphatic rings. The summed E-state index contributed by atoms with van der Waals surface area (Å²) in [6, 6.07) is 19.8. The molecule has 0 radical (unpaired) electrons. The SMILES string of the molecule is Nn1cc(-c2ccccc2)nc1SC(C(=O)N1CCCCC1)c1ccccc1. The van der Waals surface area contributed by atoms with Crippen molar-refractivity contribution < 1.29 is 4.79 Å². The molecule has 0 spiro atoms. The van der Waals surface area contributed by atoms with Crippen LogP contribution < -0.4 is 5.84 Å². The summed E-state index contributed by atoms with van der Waals surface area (Å²) in [6.45, 7) is 1.66. The second-order valence-corrected chi connectivity index (χ2v) is 8.05. The van der Waals surface area contributed by atoms with Gasteiger partial charge in [-0.15, -0.1) is 0 Å². The van der Waals surface area contributed by atoms with Crippen LogP contribution in [0.5, 0.6) is 0 Å². The van der Waals surface area contributed by atoms with Crippen LogP contribution in [0.2, 0.25) is 0 Å². The van der Waals surface area contributed by atoms with Gasteiger partial charge < -0.3 is 10.7 Å². The van der Waals surface area contributed by atoms with E-state index in [1.807, 2.05) is 71.8 Å². The maximum absolute atomic E-state index is 13.3. The summed E-state index contributed by atoms with van der Waals surface area (Å²) in [5.41, 5.74) is 2.79. The van der Waals surface area contributed by atoms with Gasteiger partial charge in [-0.25, -0.2) is 9.66 Å². The van der Waals surface area contributed by atoms with Crippen molar-refractivity contribution in [1.29, 1.82) is 0 Å². The smallest absolute Gasteiger partial charge is 0.240 e. The second-order valence-electron chi connectivity index (χ2n) is 6.98. The van der Waals surface area contributed by atoms with Gasteiger partial charge in [-0.05, 0) is 24.8 Å². The van der Waals surface area contributed by atoms with Gasteiger partial charge in [0, 0.05) is 18.7 Å². The molecule has 0 aliphatic carbocycles. The van der Waals surface area contributed by atoms with E-state index in [4.69, 9.17) is 10.8 Å². The number of rotatable bonds is 5. The molecule has 4 rings (SSSR count). The first-order valence-electron chi connectivity index (χ1n) is 9.62. The molecule has 2 aromatic carbocycles. The molecule has 0 bridgehead atoms. The lowest BCUT2D eigenvalue weighted by Gasteiger charge is -2.30. The Labute approximate surface area is 169 Å². The standard InChI is InChI=1S/C22H24N4OS/c23-26-16-19(17-10-4-1-5-11-17)24-22(26)28-20(18-12-6-2-7-13-18)21(27)25-14-8-3-9-15-25/h1-2,4-7,10-13,16,20H,3,8-9,14-15,23H2. The predicted octanol–water partition coefficient (Wildman–Crippen LogP) is 4.11. The van der Waals surface area contributed by atoms with Crippen LogP contribution in [-0.2, 0) is 4.79 Å². The molecule has 1 aromatic heterocycles. The van der Waals surface area contributed by atoms with Crippen molar-refractivity contribution in [2.75, 3.05) is 18.9 Å². The predicted molar refractivity (Wildman–Crippen MR) is 113 cm³/mol. The van der Waals surface area contributed by atoms with Crippen LogP contribution in [0.25, 0.3) is 11.3 Å². The zero-order valence-corrected chi connectivity index (χ0v) is 16.5. The Morgan fingerprint density at radius 3 is 2.29 bits per heavy atom.